The molecule has 1 heterocycles. The van der Waals surface area contributed by atoms with E-state index in [0.29, 0.717) is 6.42 Å². The summed E-state index contributed by atoms with van der Waals surface area (Å²) in [4.78, 5) is 14.7. The Morgan fingerprint density at radius 1 is 1.47 bits per heavy atom. The molecular weight excluding hydrogens is 244 g/mol. The second kappa shape index (κ2) is 5.56. The molecule has 1 aromatic carbocycles. The first-order valence-electron chi connectivity index (χ1n) is 6.00. The largest absolute Gasteiger partial charge is 0.495 e. The Morgan fingerprint density at radius 2 is 2.26 bits per heavy atom. The molecule has 0 spiro atoms. The van der Waals surface area contributed by atoms with Crippen molar-refractivity contribution in [2.24, 2.45) is 0 Å². The first kappa shape index (κ1) is 13.1. The van der Waals surface area contributed by atoms with E-state index in [-0.39, 0.29) is 6.42 Å². The van der Waals surface area contributed by atoms with Crippen molar-refractivity contribution in [3.05, 3.63) is 42.0 Å². The maximum Gasteiger partial charge on any atom is 0.303 e. The minimum Gasteiger partial charge on any atom is -0.495 e. The maximum absolute atomic E-state index is 10.6. The van der Waals surface area contributed by atoms with Crippen molar-refractivity contribution in [2.45, 2.75) is 19.8 Å². The number of carboxylic acid groups (broad SMARTS) is 1. The summed E-state index contributed by atoms with van der Waals surface area (Å²) in [5.74, 6) is -0.0589. The van der Waals surface area contributed by atoms with Gasteiger partial charge in [-0.2, -0.15) is 0 Å². The van der Waals surface area contributed by atoms with Crippen LogP contribution >= 0.6 is 0 Å². The number of carboxylic acids is 1. The van der Waals surface area contributed by atoms with E-state index in [0.717, 1.165) is 22.7 Å². The second-order valence-corrected chi connectivity index (χ2v) is 4.30. The van der Waals surface area contributed by atoms with Crippen molar-refractivity contribution >= 4 is 5.97 Å². The third kappa shape index (κ3) is 2.93. The van der Waals surface area contributed by atoms with Gasteiger partial charge < -0.3 is 9.84 Å². The van der Waals surface area contributed by atoms with E-state index in [4.69, 9.17) is 9.84 Å². The van der Waals surface area contributed by atoms with Crippen molar-refractivity contribution in [3.8, 4) is 11.4 Å². The zero-order valence-electron chi connectivity index (χ0n) is 11.0. The monoisotopic (exact) mass is 260 g/mol. The molecule has 2 rings (SSSR count). The lowest BCUT2D eigenvalue weighted by Crippen LogP contribution is -2.02. The van der Waals surface area contributed by atoms with Gasteiger partial charge in [-0.05, 0) is 31.0 Å². The Balaban J connectivity index is 2.37. The Bertz CT molecular complexity index is 590. The number of benzene rings is 1. The van der Waals surface area contributed by atoms with Crippen LogP contribution in [0, 0.1) is 6.92 Å². The van der Waals surface area contributed by atoms with Gasteiger partial charge in [-0.1, -0.05) is 6.07 Å². The number of methoxy groups -OCH3 is 1. The molecule has 0 atom stereocenters. The van der Waals surface area contributed by atoms with Crippen LogP contribution in [0.3, 0.4) is 0 Å². The van der Waals surface area contributed by atoms with E-state index < -0.39 is 5.97 Å². The summed E-state index contributed by atoms with van der Waals surface area (Å²) in [6, 6.07) is 5.68. The highest BCUT2D eigenvalue weighted by Crippen LogP contribution is 2.25. The average Bonchev–Trinajstić information content (AvgIpc) is 2.82. The SMILES string of the molecule is COc1ccc(CCC(=O)O)cc1-n1cncc1C. The van der Waals surface area contributed by atoms with E-state index in [9.17, 15) is 4.79 Å². The van der Waals surface area contributed by atoms with Crippen LogP contribution in [0.4, 0.5) is 0 Å². The molecule has 0 aliphatic heterocycles. The molecule has 0 aliphatic rings. The zero-order valence-corrected chi connectivity index (χ0v) is 11.0. The number of aliphatic carboxylic acids is 1. The molecule has 5 heteroatoms. The predicted molar refractivity (Wildman–Crippen MR) is 70.8 cm³/mol. The Hall–Kier alpha value is -2.30. The van der Waals surface area contributed by atoms with Crippen molar-refractivity contribution in [1.29, 1.82) is 0 Å². The number of nitrogens with zero attached hydrogens (tertiary/aromatic N) is 2. The molecule has 0 saturated carbocycles. The van der Waals surface area contributed by atoms with Crippen molar-refractivity contribution in [1.82, 2.24) is 9.55 Å². The van der Waals surface area contributed by atoms with E-state index in [1.54, 1.807) is 19.6 Å². The molecule has 0 fully saturated rings. The summed E-state index contributed by atoms with van der Waals surface area (Å²) in [6.45, 7) is 1.95. The Kier molecular flexibility index (Phi) is 3.85. The molecule has 100 valence electrons. The fourth-order valence-electron chi connectivity index (χ4n) is 1.94. The summed E-state index contributed by atoms with van der Waals surface area (Å²) in [5.41, 5.74) is 2.83. The number of aromatic nitrogens is 2. The smallest absolute Gasteiger partial charge is 0.303 e. The third-order valence-electron chi connectivity index (χ3n) is 2.95. The van der Waals surface area contributed by atoms with E-state index >= 15 is 0 Å². The Labute approximate surface area is 111 Å². The topological polar surface area (TPSA) is 64.3 Å². The lowest BCUT2D eigenvalue weighted by molar-refractivity contribution is -0.136. The summed E-state index contributed by atoms with van der Waals surface area (Å²) in [5, 5.41) is 8.73. The van der Waals surface area contributed by atoms with Crippen LogP contribution in [0.5, 0.6) is 5.75 Å². The van der Waals surface area contributed by atoms with Crippen molar-refractivity contribution in [2.75, 3.05) is 7.11 Å². The molecule has 19 heavy (non-hydrogen) atoms. The van der Waals surface area contributed by atoms with Gasteiger partial charge in [0.1, 0.15) is 5.75 Å². The molecule has 0 bridgehead atoms. The lowest BCUT2D eigenvalue weighted by atomic mass is 10.1. The van der Waals surface area contributed by atoms with Crippen molar-refractivity contribution in [3.63, 3.8) is 0 Å². The number of imidazole rings is 1. The van der Waals surface area contributed by atoms with Crippen LogP contribution in [0.15, 0.2) is 30.7 Å². The fraction of sp³-hybridized carbons (Fsp3) is 0.286. The van der Waals surface area contributed by atoms with Gasteiger partial charge in [0.25, 0.3) is 0 Å². The quantitative estimate of drug-likeness (QED) is 0.895. The van der Waals surface area contributed by atoms with Crippen LogP contribution in [-0.4, -0.2) is 27.7 Å². The number of carbonyl (C=O) groups is 1. The number of rotatable bonds is 5. The molecule has 0 radical (unpaired) electrons. The fourth-order valence-corrected chi connectivity index (χ4v) is 1.94. The van der Waals surface area contributed by atoms with Crippen LogP contribution in [0.1, 0.15) is 17.7 Å². The van der Waals surface area contributed by atoms with Gasteiger partial charge in [0.2, 0.25) is 0 Å². The van der Waals surface area contributed by atoms with Crippen LogP contribution in [0.2, 0.25) is 0 Å². The van der Waals surface area contributed by atoms with Crippen LogP contribution < -0.4 is 4.74 Å². The number of aryl methyl sites for hydroxylation is 2. The predicted octanol–water partition coefficient (Wildman–Crippen LogP) is 2.21. The minimum absolute atomic E-state index is 0.120. The zero-order chi connectivity index (χ0) is 13.8. The highest BCUT2D eigenvalue weighted by atomic mass is 16.5. The minimum atomic E-state index is -0.795. The van der Waals surface area contributed by atoms with E-state index in [2.05, 4.69) is 4.98 Å². The lowest BCUT2D eigenvalue weighted by Gasteiger charge is -2.12. The van der Waals surface area contributed by atoms with E-state index in [1.807, 2.05) is 29.7 Å². The second-order valence-electron chi connectivity index (χ2n) is 4.30. The molecule has 0 aliphatic carbocycles. The average molecular weight is 260 g/mol. The van der Waals surface area contributed by atoms with Gasteiger partial charge in [0.05, 0.1) is 19.1 Å². The highest BCUT2D eigenvalue weighted by Gasteiger charge is 2.09. The molecule has 0 amide bonds. The highest BCUT2D eigenvalue weighted by molar-refractivity contribution is 5.67. The molecule has 2 aromatic rings. The normalized spacial score (nSPS) is 10.4. The number of hydrogen-bond donors (Lipinski definition) is 1. The summed E-state index contributed by atoms with van der Waals surface area (Å²) >= 11 is 0. The van der Waals surface area contributed by atoms with E-state index in [1.165, 1.54) is 0 Å². The van der Waals surface area contributed by atoms with Gasteiger partial charge in [-0.3, -0.25) is 9.36 Å². The van der Waals surface area contributed by atoms with Crippen LogP contribution in [0.25, 0.3) is 5.69 Å². The summed E-state index contributed by atoms with van der Waals surface area (Å²) in [7, 11) is 1.61. The molecule has 0 saturated heterocycles. The van der Waals surface area contributed by atoms with Crippen molar-refractivity contribution < 1.29 is 14.6 Å². The van der Waals surface area contributed by atoms with Gasteiger partial charge in [0, 0.05) is 18.3 Å². The molecule has 1 N–H and O–H groups in total. The first-order chi connectivity index (χ1) is 9.11. The summed E-state index contributed by atoms with van der Waals surface area (Å²) < 4.78 is 7.26. The molecule has 1 aromatic heterocycles. The summed E-state index contributed by atoms with van der Waals surface area (Å²) in [6.07, 6.45) is 4.10. The standard InChI is InChI=1S/C14H16N2O3/c1-10-8-15-9-16(10)12-7-11(4-6-14(17)18)3-5-13(12)19-2/h3,5,7-9H,4,6H2,1-2H3,(H,17,18). The first-order valence-corrected chi connectivity index (χ1v) is 6.00. The Morgan fingerprint density at radius 3 is 2.84 bits per heavy atom. The van der Waals surface area contributed by atoms with Gasteiger partial charge in [-0.15, -0.1) is 0 Å². The molecule has 5 nitrogen and oxygen atoms in total. The van der Waals surface area contributed by atoms with Gasteiger partial charge >= 0.3 is 5.97 Å². The van der Waals surface area contributed by atoms with Gasteiger partial charge in [-0.25, -0.2) is 4.98 Å². The molecular formula is C14H16N2O3. The third-order valence-corrected chi connectivity index (χ3v) is 2.95. The maximum atomic E-state index is 10.6. The van der Waals surface area contributed by atoms with Crippen LogP contribution in [-0.2, 0) is 11.2 Å². The van der Waals surface area contributed by atoms with Gasteiger partial charge in [0.15, 0.2) is 0 Å². The molecule has 0 unspecified atom stereocenters. The number of ether oxygens (including phenoxy) is 1. The number of hydrogen-bond acceptors (Lipinski definition) is 3.